The third-order valence-corrected chi connectivity index (χ3v) is 5.57. The summed E-state index contributed by atoms with van der Waals surface area (Å²) in [5.74, 6) is -1.13. The van der Waals surface area contributed by atoms with E-state index in [9.17, 15) is 8.78 Å². The monoisotopic (exact) mass is 451 g/mol. The van der Waals surface area contributed by atoms with Crippen LogP contribution in [-0.2, 0) is 6.61 Å². The second-order valence-corrected chi connectivity index (χ2v) is 7.74. The highest BCUT2D eigenvalue weighted by atomic mass is 35.5. The van der Waals surface area contributed by atoms with Crippen molar-refractivity contribution in [2.75, 3.05) is 19.6 Å². The molecule has 0 aliphatic carbocycles. The molecule has 3 aromatic rings. The van der Waals surface area contributed by atoms with Crippen molar-refractivity contribution >= 4 is 22.5 Å². The number of aromatic nitrogens is 3. The average Bonchev–Trinajstić information content (AvgIpc) is 3.25. The van der Waals surface area contributed by atoms with E-state index in [1.54, 1.807) is 12.1 Å². The molecule has 6 nitrogen and oxygen atoms in total. The number of hydrogen-bond acceptors (Lipinski definition) is 6. The largest absolute Gasteiger partial charge is 0.472 e. The summed E-state index contributed by atoms with van der Waals surface area (Å²) in [4.78, 5) is 12.9. The SMILES string of the molecule is [2H]C1(F)CN2C([2H])([2H])CCC2(C([2H])([2H])Oc2nc(OCc3ccccc3)c3cnc(Cl)c(F)c3n2)C1. The van der Waals surface area contributed by atoms with Crippen molar-refractivity contribution in [1.29, 1.82) is 0 Å². The number of benzene rings is 1. The van der Waals surface area contributed by atoms with Crippen molar-refractivity contribution < 1.29 is 25.1 Å². The quantitative estimate of drug-likeness (QED) is 0.519. The van der Waals surface area contributed by atoms with Crippen molar-refractivity contribution in [3.63, 3.8) is 0 Å². The van der Waals surface area contributed by atoms with Gasteiger partial charge >= 0.3 is 6.01 Å². The number of pyridine rings is 1. The molecule has 0 radical (unpaired) electrons. The average molecular weight is 452 g/mol. The Kier molecular flexibility index (Phi) is 4.02. The summed E-state index contributed by atoms with van der Waals surface area (Å²) in [5, 5.41) is -0.391. The third kappa shape index (κ3) is 3.90. The van der Waals surface area contributed by atoms with Gasteiger partial charge in [-0.25, -0.2) is 13.8 Å². The molecule has 0 N–H and O–H groups in total. The number of alkyl halides is 1. The molecular weight excluding hydrogens is 426 g/mol. The van der Waals surface area contributed by atoms with E-state index in [1.165, 1.54) is 6.20 Å². The Morgan fingerprint density at radius 2 is 2.16 bits per heavy atom. The van der Waals surface area contributed by atoms with Crippen LogP contribution in [0, 0.1) is 5.82 Å². The van der Waals surface area contributed by atoms with Crippen molar-refractivity contribution in [2.45, 2.75) is 37.6 Å². The maximum absolute atomic E-state index is 14.9. The number of nitrogens with zero attached hydrogens (tertiary/aromatic N) is 4. The van der Waals surface area contributed by atoms with E-state index in [0.29, 0.717) is 0 Å². The standard InChI is InChI=1S/C22H21ClF2N4O2/c23-19-17(25)18-16(10-26-19)20(30-12-14-5-2-1-3-6-14)28-21(27-18)31-13-22-7-4-8-29(22)11-15(24)9-22/h1-3,5-6,10,15H,4,7-9,11-13H2/i8D2,13D2,15D. The summed E-state index contributed by atoms with van der Waals surface area (Å²) in [5.41, 5.74) is -1.33. The highest BCUT2D eigenvalue weighted by molar-refractivity contribution is 6.30. The number of rotatable bonds is 6. The lowest BCUT2D eigenvalue weighted by Gasteiger charge is -2.30. The molecule has 0 spiro atoms. The second-order valence-electron chi connectivity index (χ2n) is 7.38. The summed E-state index contributed by atoms with van der Waals surface area (Å²) < 4.78 is 82.5. The van der Waals surface area contributed by atoms with Crippen molar-refractivity contribution in [2.24, 2.45) is 0 Å². The minimum atomic E-state index is -2.75. The summed E-state index contributed by atoms with van der Waals surface area (Å²) in [7, 11) is 0. The van der Waals surface area contributed by atoms with Gasteiger partial charge in [0.15, 0.2) is 11.0 Å². The molecule has 2 aromatic heterocycles. The van der Waals surface area contributed by atoms with Gasteiger partial charge < -0.3 is 9.47 Å². The molecule has 2 aliphatic heterocycles. The van der Waals surface area contributed by atoms with E-state index in [0.717, 1.165) is 10.5 Å². The highest BCUT2D eigenvalue weighted by Crippen LogP contribution is 2.40. The van der Waals surface area contributed by atoms with Crippen LogP contribution in [-0.4, -0.2) is 51.1 Å². The topological polar surface area (TPSA) is 60.4 Å². The molecule has 2 aliphatic rings. The fraction of sp³-hybridized carbons (Fsp3) is 0.409. The molecule has 31 heavy (non-hydrogen) atoms. The molecule has 0 amide bonds. The van der Waals surface area contributed by atoms with Gasteiger partial charge in [-0.1, -0.05) is 41.9 Å². The Hall–Kier alpha value is -2.58. The molecule has 5 rings (SSSR count). The fourth-order valence-corrected chi connectivity index (χ4v) is 3.91. The Bertz CT molecular complexity index is 1320. The van der Waals surface area contributed by atoms with Crippen LogP contribution in [0.5, 0.6) is 11.9 Å². The predicted octanol–water partition coefficient (Wildman–Crippen LogP) is 4.35. The maximum Gasteiger partial charge on any atom is 0.320 e. The molecule has 2 unspecified atom stereocenters. The lowest BCUT2D eigenvalue weighted by Crippen LogP contribution is -2.43. The van der Waals surface area contributed by atoms with Gasteiger partial charge in [0, 0.05) is 21.9 Å². The highest BCUT2D eigenvalue weighted by Gasteiger charge is 2.49. The first kappa shape index (κ1) is 15.3. The molecule has 0 bridgehead atoms. The van der Waals surface area contributed by atoms with Gasteiger partial charge in [0.2, 0.25) is 5.88 Å². The van der Waals surface area contributed by atoms with E-state index in [-0.39, 0.29) is 36.2 Å². The van der Waals surface area contributed by atoms with Crippen LogP contribution < -0.4 is 9.47 Å². The molecule has 9 heteroatoms. The van der Waals surface area contributed by atoms with Crippen molar-refractivity contribution in [3.8, 4) is 11.9 Å². The maximum atomic E-state index is 14.9. The third-order valence-electron chi connectivity index (χ3n) is 5.31. The number of fused-ring (bicyclic) bond motifs is 2. The Morgan fingerprint density at radius 1 is 1.32 bits per heavy atom. The van der Waals surface area contributed by atoms with E-state index < -0.39 is 54.7 Å². The van der Waals surface area contributed by atoms with Gasteiger partial charge in [-0.3, -0.25) is 4.90 Å². The number of hydrogen-bond donors (Lipinski definition) is 0. The Labute approximate surface area is 190 Å². The summed E-state index contributed by atoms with van der Waals surface area (Å²) in [6.45, 7) is -5.36. The minimum absolute atomic E-state index is 0.0463. The molecule has 2 fully saturated rings. The fourth-order valence-electron chi connectivity index (χ4n) is 3.77. The van der Waals surface area contributed by atoms with Gasteiger partial charge in [0.05, 0.1) is 15.0 Å². The van der Waals surface area contributed by atoms with Gasteiger partial charge in [0.25, 0.3) is 0 Å². The molecule has 0 saturated carbocycles. The van der Waals surface area contributed by atoms with Crippen molar-refractivity contribution in [1.82, 2.24) is 19.9 Å². The first-order valence-corrected chi connectivity index (χ1v) is 10.1. The first-order valence-electron chi connectivity index (χ1n) is 12.2. The Balaban J connectivity index is 1.54. The molecular formula is C22H21ClF2N4O2. The lowest BCUT2D eigenvalue weighted by molar-refractivity contribution is 0.106. The van der Waals surface area contributed by atoms with Gasteiger partial charge in [-0.2, -0.15) is 9.97 Å². The van der Waals surface area contributed by atoms with E-state index in [1.807, 2.05) is 18.2 Å². The summed E-state index contributed by atoms with van der Waals surface area (Å²) in [6, 6.07) is 8.46. The summed E-state index contributed by atoms with van der Waals surface area (Å²) >= 11 is 5.82. The van der Waals surface area contributed by atoms with Crippen LogP contribution in [0.25, 0.3) is 10.9 Å². The molecule has 4 heterocycles. The molecule has 162 valence electrons. The van der Waals surface area contributed by atoms with Crippen LogP contribution in [0.3, 0.4) is 0 Å². The smallest absolute Gasteiger partial charge is 0.320 e. The van der Waals surface area contributed by atoms with E-state index >= 15 is 0 Å². The van der Waals surface area contributed by atoms with Gasteiger partial charge in [-0.15, -0.1) is 0 Å². The van der Waals surface area contributed by atoms with Crippen LogP contribution in [0.4, 0.5) is 8.78 Å². The van der Waals surface area contributed by atoms with Crippen LogP contribution in [0.15, 0.2) is 36.5 Å². The van der Waals surface area contributed by atoms with Crippen molar-refractivity contribution in [3.05, 3.63) is 53.1 Å². The number of ether oxygens (including phenoxy) is 2. The van der Waals surface area contributed by atoms with Crippen LogP contribution in [0.2, 0.25) is 5.15 Å². The molecule has 2 saturated heterocycles. The molecule has 2 atom stereocenters. The molecule has 1 aromatic carbocycles. The van der Waals surface area contributed by atoms with E-state index in [2.05, 4.69) is 15.0 Å². The second kappa shape index (κ2) is 8.16. The van der Waals surface area contributed by atoms with Crippen LogP contribution >= 0.6 is 11.6 Å². The first-order chi connectivity index (χ1) is 16.8. The zero-order valence-electron chi connectivity index (χ0n) is 21.2. The predicted molar refractivity (Wildman–Crippen MR) is 112 cm³/mol. The Morgan fingerprint density at radius 3 is 3.00 bits per heavy atom. The zero-order chi connectivity index (χ0) is 25.9. The zero-order valence-corrected chi connectivity index (χ0v) is 17.0. The van der Waals surface area contributed by atoms with Gasteiger partial charge in [0.1, 0.15) is 24.8 Å². The lowest BCUT2D eigenvalue weighted by atomic mass is 9.95. The number of halogens is 3. The van der Waals surface area contributed by atoms with Crippen LogP contribution in [0.1, 0.15) is 31.7 Å². The van der Waals surface area contributed by atoms with E-state index in [4.69, 9.17) is 27.9 Å². The minimum Gasteiger partial charge on any atom is -0.472 e. The normalized spacial score (nSPS) is 30.1. The van der Waals surface area contributed by atoms with Gasteiger partial charge in [-0.05, 0) is 24.9 Å². The summed E-state index contributed by atoms with van der Waals surface area (Å²) in [6.07, 6.45) is -2.16.